The van der Waals surface area contributed by atoms with E-state index in [1.807, 2.05) is 42.5 Å². The Morgan fingerprint density at radius 1 is 1.15 bits per heavy atom. The lowest BCUT2D eigenvalue weighted by atomic mass is 9.78. The first-order chi connectivity index (χ1) is 12.7. The SMILES string of the molecule is N#Cc1ccc(C2(O)CC3COCC(C2)N3)cc1OCc1ccccc1. The molecule has 0 amide bonds. The van der Waals surface area contributed by atoms with Crippen molar-refractivity contribution in [1.29, 1.82) is 5.26 Å². The van der Waals surface area contributed by atoms with Crippen LogP contribution in [0.4, 0.5) is 0 Å². The van der Waals surface area contributed by atoms with Crippen LogP contribution in [0.15, 0.2) is 48.5 Å². The Kier molecular flexibility index (Phi) is 4.64. The van der Waals surface area contributed by atoms with Gasteiger partial charge >= 0.3 is 0 Å². The van der Waals surface area contributed by atoms with Crippen molar-refractivity contribution in [2.45, 2.75) is 37.1 Å². The zero-order valence-electron chi connectivity index (χ0n) is 14.5. The van der Waals surface area contributed by atoms with Crippen molar-refractivity contribution in [3.8, 4) is 11.8 Å². The number of fused-ring (bicyclic) bond motifs is 2. The number of aliphatic hydroxyl groups is 1. The molecule has 2 fully saturated rings. The first-order valence-electron chi connectivity index (χ1n) is 8.94. The second-order valence-corrected chi connectivity index (χ2v) is 7.13. The van der Waals surface area contributed by atoms with Crippen molar-refractivity contribution >= 4 is 0 Å². The van der Waals surface area contributed by atoms with E-state index < -0.39 is 5.60 Å². The van der Waals surface area contributed by atoms with Crippen LogP contribution in [0, 0.1) is 11.3 Å². The van der Waals surface area contributed by atoms with Crippen LogP contribution in [0.2, 0.25) is 0 Å². The molecule has 0 spiro atoms. The molecule has 0 aliphatic carbocycles. The third-order valence-corrected chi connectivity index (χ3v) is 5.15. The highest BCUT2D eigenvalue weighted by Gasteiger charge is 2.42. The Morgan fingerprint density at radius 2 is 1.88 bits per heavy atom. The quantitative estimate of drug-likeness (QED) is 0.886. The normalized spacial score (nSPS) is 27.5. The van der Waals surface area contributed by atoms with Gasteiger partial charge < -0.3 is 19.9 Å². The van der Waals surface area contributed by atoms with E-state index in [1.165, 1.54) is 0 Å². The first-order valence-corrected chi connectivity index (χ1v) is 8.94. The molecule has 2 N–H and O–H groups in total. The molecule has 2 unspecified atom stereocenters. The van der Waals surface area contributed by atoms with E-state index in [9.17, 15) is 10.4 Å². The Labute approximate surface area is 153 Å². The third-order valence-electron chi connectivity index (χ3n) is 5.15. The summed E-state index contributed by atoms with van der Waals surface area (Å²) < 4.78 is 11.5. The molecule has 2 aliphatic heterocycles. The minimum Gasteiger partial charge on any atom is -0.488 e. The molecule has 26 heavy (non-hydrogen) atoms. The van der Waals surface area contributed by atoms with Crippen molar-refractivity contribution in [2.75, 3.05) is 13.2 Å². The third kappa shape index (κ3) is 3.45. The van der Waals surface area contributed by atoms with Crippen LogP contribution in [-0.4, -0.2) is 30.4 Å². The molecule has 2 heterocycles. The second kappa shape index (κ2) is 7.08. The largest absolute Gasteiger partial charge is 0.488 e. The maximum atomic E-state index is 11.3. The maximum Gasteiger partial charge on any atom is 0.137 e. The molecule has 0 aromatic heterocycles. The molecular formula is C21H22N2O3. The summed E-state index contributed by atoms with van der Waals surface area (Å²) in [6.45, 7) is 1.62. The van der Waals surface area contributed by atoms with E-state index in [1.54, 1.807) is 6.07 Å². The molecule has 5 heteroatoms. The van der Waals surface area contributed by atoms with Crippen LogP contribution in [0.3, 0.4) is 0 Å². The molecular weight excluding hydrogens is 328 g/mol. The van der Waals surface area contributed by atoms with E-state index >= 15 is 0 Å². The molecule has 2 bridgehead atoms. The molecule has 2 aromatic carbocycles. The van der Waals surface area contributed by atoms with Crippen molar-refractivity contribution in [2.24, 2.45) is 0 Å². The molecule has 5 nitrogen and oxygen atoms in total. The number of benzene rings is 2. The lowest BCUT2D eigenvalue weighted by molar-refractivity contribution is -0.0803. The first kappa shape index (κ1) is 17.0. The standard InChI is InChI=1S/C21H22N2O3/c22-11-16-6-7-17(8-20(16)26-12-15-4-2-1-3-5-15)21(24)9-18-13-25-14-19(10-21)23-18/h1-8,18-19,23-24H,9-10,12-14H2. The monoisotopic (exact) mass is 350 g/mol. The van der Waals surface area contributed by atoms with Crippen LogP contribution < -0.4 is 10.1 Å². The fourth-order valence-corrected chi connectivity index (χ4v) is 3.91. The van der Waals surface area contributed by atoms with Crippen LogP contribution >= 0.6 is 0 Å². The summed E-state index contributed by atoms with van der Waals surface area (Å²) in [5, 5.41) is 24.2. The van der Waals surface area contributed by atoms with Gasteiger partial charge in [-0.25, -0.2) is 0 Å². The summed E-state index contributed by atoms with van der Waals surface area (Å²) in [4.78, 5) is 0. The van der Waals surface area contributed by atoms with Crippen molar-refractivity contribution in [1.82, 2.24) is 5.32 Å². The predicted octanol–water partition coefficient (Wildman–Crippen LogP) is 2.48. The van der Waals surface area contributed by atoms with Gasteiger partial charge in [0.1, 0.15) is 18.4 Å². The van der Waals surface area contributed by atoms with Crippen LogP contribution in [0.1, 0.15) is 29.5 Å². The minimum atomic E-state index is -0.927. The van der Waals surface area contributed by atoms with Gasteiger partial charge in [0.2, 0.25) is 0 Å². The fraction of sp³-hybridized carbons (Fsp3) is 0.381. The zero-order valence-corrected chi connectivity index (χ0v) is 14.5. The van der Waals surface area contributed by atoms with Crippen molar-refractivity contribution < 1.29 is 14.6 Å². The van der Waals surface area contributed by atoms with Crippen LogP contribution in [0.25, 0.3) is 0 Å². The van der Waals surface area contributed by atoms with E-state index in [0.717, 1.165) is 11.1 Å². The number of rotatable bonds is 4. The number of hydrogen-bond donors (Lipinski definition) is 2. The number of ether oxygens (including phenoxy) is 2. The van der Waals surface area contributed by atoms with E-state index in [0.29, 0.717) is 44.0 Å². The van der Waals surface area contributed by atoms with Crippen LogP contribution in [0.5, 0.6) is 5.75 Å². The average Bonchev–Trinajstić information content (AvgIpc) is 2.66. The smallest absolute Gasteiger partial charge is 0.137 e. The van der Waals surface area contributed by atoms with Gasteiger partial charge in [-0.1, -0.05) is 36.4 Å². The Bertz CT molecular complexity index is 804. The number of hydrogen-bond acceptors (Lipinski definition) is 5. The number of nitrogens with zero attached hydrogens (tertiary/aromatic N) is 1. The summed E-state index contributed by atoms with van der Waals surface area (Å²) in [6.07, 6.45) is 1.18. The van der Waals surface area contributed by atoms with Crippen LogP contribution in [-0.2, 0) is 16.9 Å². The highest BCUT2D eigenvalue weighted by atomic mass is 16.5. The van der Waals surface area contributed by atoms with Gasteiger partial charge in [-0.15, -0.1) is 0 Å². The van der Waals surface area contributed by atoms with E-state index in [4.69, 9.17) is 9.47 Å². The highest BCUT2D eigenvalue weighted by molar-refractivity contribution is 5.47. The van der Waals surface area contributed by atoms with E-state index in [-0.39, 0.29) is 12.1 Å². The summed E-state index contributed by atoms with van der Waals surface area (Å²) >= 11 is 0. The van der Waals surface area contributed by atoms with Gasteiger partial charge in [-0.05, 0) is 36.1 Å². The number of nitriles is 1. The average molecular weight is 350 g/mol. The van der Waals surface area contributed by atoms with Crippen molar-refractivity contribution in [3.05, 3.63) is 65.2 Å². The van der Waals surface area contributed by atoms with Gasteiger partial charge in [-0.3, -0.25) is 0 Å². The number of piperidine rings is 1. The van der Waals surface area contributed by atoms with E-state index in [2.05, 4.69) is 11.4 Å². The molecule has 2 aromatic rings. The number of nitrogens with one attached hydrogen (secondary N) is 1. The highest BCUT2D eigenvalue weighted by Crippen LogP contribution is 2.38. The molecule has 2 atom stereocenters. The van der Waals surface area contributed by atoms with Gasteiger partial charge in [0, 0.05) is 12.1 Å². The molecule has 134 valence electrons. The Hall–Kier alpha value is -2.39. The molecule has 2 aliphatic rings. The van der Waals surface area contributed by atoms with Gasteiger partial charge in [-0.2, -0.15) is 5.26 Å². The number of morpholine rings is 1. The van der Waals surface area contributed by atoms with Gasteiger partial charge in [0.25, 0.3) is 0 Å². The predicted molar refractivity (Wildman–Crippen MR) is 96.6 cm³/mol. The summed E-state index contributed by atoms with van der Waals surface area (Å²) in [5.74, 6) is 0.516. The zero-order chi connectivity index (χ0) is 18.0. The van der Waals surface area contributed by atoms with Crippen molar-refractivity contribution in [3.63, 3.8) is 0 Å². The lowest BCUT2D eigenvalue weighted by Gasteiger charge is -2.45. The molecule has 0 radical (unpaired) electrons. The fourth-order valence-electron chi connectivity index (χ4n) is 3.91. The minimum absolute atomic E-state index is 0.150. The Morgan fingerprint density at radius 3 is 2.58 bits per heavy atom. The molecule has 0 saturated carbocycles. The molecule has 2 saturated heterocycles. The van der Waals surface area contributed by atoms with Gasteiger partial charge in [0.15, 0.2) is 0 Å². The second-order valence-electron chi connectivity index (χ2n) is 7.13. The summed E-state index contributed by atoms with van der Waals surface area (Å²) in [6, 6.07) is 17.7. The topological polar surface area (TPSA) is 74.5 Å². The lowest BCUT2D eigenvalue weighted by Crippen LogP contribution is -2.58. The Balaban J connectivity index is 1.58. The maximum absolute atomic E-state index is 11.3. The van der Waals surface area contributed by atoms with Gasteiger partial charge in [0.05, 0.1) is 24.4 Å². The summed E-state index contributed by atoms with van der Waals surface area (Å²) in [7, 11) is 0. The molecule has 4 rings (SSSR count). The summed E-state index contributed by atoms with van der Waals surface area (Å²) in [5.41, 5.74) is 1.39.